The molecule has 0 fully saturated rings. The van der Waals surface area contributed by atoms with E-state index in [4.69, 9.17) is 22.4 Å². The zero-order valence-electron chi connectivity index (χ0n) is 9.33. The summed E-state index contributed by atoms with van der Waals surface area (Å²) in [4.78, 5) is -0.355. The molecule has 0 aliphatic heterocycles. The number of nitrogens with one attached hydrogen (secondary N) is 1. The number of sulfonamides is 1. The molecule has 0 aliphatic rings. The molecule has 10 heteroatoms. The van der Waals surface area contributed by atoms with Gasteiger partial charge in [0.1, 0.15) is 6.61 Å². The van der Waals surface area contributed by atoms with Gasteiger partial charge in [0.05, 0.1) is 15.9 Å². The number of rotatable bonds is 5. The maximum absolute atomic E-state index is 12.8. The normalized spacial score (nSPS) is 12.7. The summed E-state index contributed by atoms with van der Waals surface area (Å²) in [5, 5.41) is 8.42. The molecule has 0 amide bonds. The molecule has 0 aliphatic carbocycles. The maximum atomic E-state index is 12.8. The van der Waals surface area contributed by atoms with E-state index in [0.717, 1.165) is 6.07 Å². The van der Waals surface area contributed by atoms with Crippen LogP contribution < -0.4 is 10.5 Å². The van der Waals surface area contributed by atoms with Gasteiger partial charge in [-0.3, -0.25) is 0 Å². The van der Waals surface area contributed by atoms with E-state index in [-0.39, 0.29) is 20.1 Å². The number of benzene rings is 1. The van der Waals surface area contributed by atoms with Crippen LogP contribution in [0.4, 0.5) is 14.5 Å². The van der Waals surface area contributed by atoms with Crippen LogP contribution in [0.25, 0.3) is 0 Å². The van der Waals surface area contributed by atoms with Gasteiger partial charge in [0.15, 0.2) is 0 Å². The van der Waals surface area contributed by atoms with Gasteiger partial charge in [0, 0.05) is 10.7 Å². The largest absolute Gasteiger partial charge is 0.398 e. The molecule has 5 nitrogen and oxygen atoms in total. The quantitative estimate of drug-likeness (QED) is 0.678. The molecule has 19 heavy (non-hydrogen) atoms. The van der Waals surface area contributed by atoms with E-state index in [2.05, 4.69) is 15.9 Å². The molecule has 0 heterocycles. The summed E-state index contributed by atoms with van der Waals surface area (Å²) in [5.41, 5.74) is 5.57. The predicted molar refractivity (Wildman–Crippen MR) is 70.8 cm³/mol. The first kappa shape index (κ1) is 16.6. The minimum absolute atomic E-state index is 0.0247. The number of nitrogens with two attached hydrogens (primary N) is 1. The average Bonchev–Trinajstić information content (AvgIpc) is 2.31. The molecular weight excluding hydrogens is 370 g/mol. The summed E-state index contributed by atoms with van der Waals surface area (Å²) >= 11 is 8.61. The van der Waals surface area contributed by atoms with Gasteiger partial charge in [0.25, 0.3) is 5.92 Å². The first-order valence-electron chi connectivity index (χ1n) is 4.82. The lowest BCUT2D eigenvalue weighted by Crippen LogP contribution is -2.39. The Kier molecular flexibility index (Phi) is 5.13. The highest BCUT2D eigenvalue weighted by atomic mass is 79.9. The highest BCUT2D eigenvalue weighted by Crippen LogP contribution is 2.31. The Morgan fingerprint density at radius 1 is 1.47 bits per heavy atom. The molecule has 0 radical (unpaired) electrons. The van der Waals surface area contributed by atoms with Crippen LogP contribution in [0.15, 0.2) is 21.5 Å². The van der Waals surface area contributed by atoms with Gasteiger partial charge in [-0.15, -0.1) is 0 Å². The Labute approximate surface area is 121 Å². The minimum atomic E-state index is -4.23. The molecule has 0 aromatic heterocycles. The van der Waals surface area contributed by atoms with E-state index in [1.807, 2.05) is 0 Å². The van der Waals surface area contributed by atoms with E-state index < -0.39 is 29.1 Å². The zero-order valence-corrected chi connectivity index (χ0v) is 12.5. The Bertz CT molecular complexity index is 583. The summed E-state index contributed by atoms with van der Waals surface area (Å²) in [5.74, 6) is -3.55. The van der Waals surface area contributed by atoms with Crippen molar-refractivity contribution in [3.63, 3.8) is 0 Å². The van der Waals surface area contributed by atoms with Crippen LogP contribution >= 0.6 is 27.5 Å². The van der Waals surface area contributed by atoms with Crippen molar-refractivity contribution in [3.05, 3.63) is 21.6 Å². The van der Waals surface area contributed by atoms with Crippen molar-refractivity contribution < 1.29 is 22.3 Å². The summed E-state index contributed by atoms with van der Waals surface area (Å²) in [6.07, 6.45) is 0. The lowest BCUT2D eigenvalue weighted by Gasteiger charge is -2.15. The van der Waals surface area contributed by atoms with Crippen LogP contribution in [-0.2, 0) is 10.0 Å². The van der Waals surface area contributed by atoms with Crippen molar-refractivity contribution in [3.8, 4) is 0 Å². The monoisotopic (exact) mass is 378 g/mol. The van der Waals surface area contributed by atoms with E-state index in [1.165, 1.54) is 6.07 Å². The second-order valence-corrected chi connectivity index (χ2v) is 6.61. The van der Waals surface area contributed by atoms with Crippen LogP contribution in [0.2, 0.25) is 5.02 Å². The van der Waals surface area contributed by atoms with Crippen LogP contribution in [0.5, 0.6) is 0 Å². The van der Waals surface area contributed by atoms with E-state index >= 15 is 0 Å². The van der Waals surface area contributed by atoms with Gasteiger partial charge in [0.2, 0.25) is 10.0 Å². The molecule has 1 aromatic carbocycles. The molecule has 4 N–H and O–H groups in total. The maximum Gasteiger partial charge on any atom is 0.283 e. The minimum Gasteiger partial charge on any atom is -0.398 e. The van der Waals surface area contributed by atoms with Gasteiger partial charge < -0.3 is 10.8 Å². The average molecular weight is 380 g/mol. The highest BCUT2D eigenvalue weighted by Gasteiger charge is 2.31. The fourth-order valence-corrected chi connectivity index (χ4v) is 3.47. The number of anilines is 1. The van der Waals surface area contributed by atoms with E-state index in [1.54, 1.807) is 4.72 Å². The van der Waals surface area contributed by atoms with Gasteiger partial charge in [-0.1, -0.05) is 11.6 Å². The second-order valence-electron chi connectivity index (χ2n) is 3.65. The fourth-order valence-electron chi connectivity index (χ4n) is 1.11. The third kappa shape index (κ3) is 4.25. The summed E-state index contributed by atoms with van der Waals surface area (Å²) in [6, 6.07) is 2.38. The molecule has 108 valence electrons. The van der Waals surface area contributed by atoms with Crippen molar-refractivity contribution >= 4 is 43.2 Å². The SMILES string of the molecule is Nc1cc(Cl)cc(S(=O)(=O)NCC(F)(F)CO)c1Br. The summed E-state index contributed by atoms with van der Waals surface area (Å²) < 4.78 is 51.0. The van der Waals surface area contributed by atoms with Crippen LogP contribution in [0.1, 0.15) is 0 Å². The molecule has 0 atom stereocenters. The number of aliphatic hydroxyl groups excluding tert-OH is 1. The molecule has 0 saturated heterocycles. The van der Waals surface area contributed by atoms with Gasteiger partial charge >= 0.3 is 0 Å². The molecule has 0 bridgehead atoms. The standard InChI is InChI=1S/C9H10BrClF2N2O3S/c10-8-6(14)1-5(11)2-7(8)19(17,18)15-3-9(12,13)4-16/h1-2,15-16H,3-4,14H2. The first-order chi connectivity index (χ1) is 8.59. The molecule has 0 spiro atoms. The van der Waals surface area contributed by atoms with Crippen molar-refractivity contribution in [2.45, 2.75) is 10.8 Å². The number of alkyl halides is 2. The molecule has 0 saturated carbocycles. The molecule has 0 unspecified atom stereocenters. The van der Waals surface area contributed by atoms with Crippen molar-refractivity contribution in [2.24, 2.45) is 0 Å². The lowest BCUT2D eigenvalue weighted by atomic mass is 10.3. The molecular formula is C9H10BrClF2N2O3S. The van der Waals surface area contributed by atoms with Gasteiger partial charge in [-0.25, -0.2) is 21.9 Å². The summed E-state index contributed by atoms with van der Waals surface area (Å²) in [7, 11) is -4.23. The third-order valence-corrected chi connectivity index (χ3v) is 4.86. The number of hydrogen-bond acceptors (Lipinski definition) is 4. The smallest absolute Gasteiger partial charge is 0.283 e. The Hall–Kier alpha value is -0.480. The highest BCUT2D eigenvalue weighted by molar-refractivity contribution is 9.10. The van der Waals surface area contributed by atoms with Crippen molar-refractivity contribution in [1.29, 1.82) is 0 Å². The number of halogens is 4. The van der Waals surface area contributed by atoms with Crippen LogP contribution in [0, 0.1) is 0 Å². The Balaban J connectivity index is 3.08. The van der Waals surface area contributed by atoms with Gasteiger partial charge in [-0.2, -0.15) is 0 Å². The van der Waals surface area contributed by atoms with Crippen molar-refractivity contribution in [1.82, 2.24) is 4.72 Å². The van der Waals surface area contributed by atoms with Gasteiger partial charge in [-0.05, 0) is 28.1 Å². The Morgan fingerprint density at radius 2 is 2.05 bits per heavy atom. The second kappa shape index (κ2) is 5.88. The van der Waals surface area contributed by atoms with Crippen LogP contribution in [-0.4, -0.2) is 32.6 Å². The lowest BCUT2D eigenvalue weighted by molar-refractivity contribution is -0.0437. The van der Waals surface area contributed by atoms with E-state index in [9.17, 15) is 17.2 Å². The Morgan fingerprint density at radius 3 is 2.58 bits per heavy atom. The fraction of sp³-hybridized carbons (Fsp3) is 0.333. The number of nitrogen functional groups attached to an aromatic ring is 1. The topological polar surface area (TPSA) is 92.4 Å². The molecule has 1 aromatic rings. The third-order valence-electron chi connectivity index (χ3n) is 2.07. The predicted octanol–water partition coefficient (Wildman–Crippen LogP) is 1.59. The zero-order chi connectivity index (χ0) is 14.8. The first-order valence-corrected chi connectivity index (χ1v) is 7.47. The van der Waals surface area contributed by atoms with Crippen LogP contribution in [0.3, 0.4) is 0 Å². The summed E-state index contributed by atoms with van der Waals surface area (Å²) in [6.45, 7) is -2.70. The number of hydrogen-bond donors (Lipinski definition) is 3. The van der Waals surface area contributed by atoms with E-state index in [0.29, 0.717) is 0 Å². The molecule has 1 rings (SSSR count). The van der Waals surface area contributed by atoms with Crippen molar-refractivity contribution in [2.75, 3.05) is 18.9 Å². The number of aliphatic hydroxyl groups is 1.